The minimum atomic E-state index is -0.297. The molecule has 0 aliphatic heterocycles. The number of hydrogen-bond donors (Lipinski definition) is 2. The smallest absolute Gasteiger partial charge is 0.255 e. The Bertz CT molecular complexity index is 664. The fourth-order valence-electron chi connectivity index (χ4n) is 1.54. The number of rotatable bonds is 3. The summed E-state index contributed by atoms with van der Waals surface area (Å²) in [7, 11) is 1.70. The topological polar surface area (TPSA) is 54.0 Å². The third-order valence-electron chi connectivity index (χ3n) is 2.49. The van der Waals surface area contributed by atoms with Gasteiger partial charge >= 0.3 is 0 Å². The number of carbonyl (C=O) groups is 1. The largest absolute Gasteiger partial charge is 0.373 e. The van der Waals surface area contributed by atoms with Gasteiger partial charge in [-0.25, -0.2) is 4.98 Å². The maximum atomic E-state index is 12.2. The molecule has 1 aromatic carbocycles. The van der Waals surface area contributed by atoms with Crippen molar-refractivity contribution >= 4 is 56.5 Å². The number of benzene rings is 1. The second kappa shape index (κ2) is 6.43. The van der Waals surface area contributed by atoms with Crippen LogP contribution in [0, 0.1) is 0 Å². The molecule has 4 nitrogen and oxygen atoms in total. The maximum absolute atomic E-state index is 12.2. The molecule has 0 saturated carbocycles. The highest BCUT2D eigenvalue weighted by Gasteiger charge is 2.11. The number of anilines is 2. The summed E-state index contributed by atoms with van der Waals surface area (Å²) >= 11 is 15.1. The fourth-order valence-corrected chi connectivity index (χ4v) is 2.27. The van der Waals surface area contributed by atoms with Crippen LogP contribution >= 0.6 is 39.1 Å². The summed E-state index contributed by atoms with van der Waals surface area (Å²) in [6.07, 6.45) is 0. The van der Waals surface area contributed by atoms with Gasteiger partial charge in [0.15, 0.2) is 0 Å². The highest BCUT2D eigenvalue weighted by molar-refractivity contribution is 9.10. The molecule has 1 aromatic heterocycles. The number of amides is 1. The molecule has 7 heteroatoms. The van der Waals surface area contributed by atoms with Crippen molar-refractivity contribution in [1.29, 1.82) is 0 Å². The molecular weight excluding hydrogens is 365 g/mol. The summed E-state index contributed by atoms with van der Waals surface area (Å²) in [6.45, 7) is 0. The van der Waals surface area contributed by atoms with Crippen molar-refractivity contribution in [2.75, 3.05) is 17.7 Å². The first-order valence-electron chi connectivity index (χ1n) is 5.61. The molecule has 0 bridgehead atoms. The Morgan fingerprint density at radius 2 is 2.00 bits per heavy atom. The Morgan fingerprint density at radius 3 is 2.70 bits per heavy atom. The monoisotopic (exact) mass is 373 g/mol. The van der Waals surface area contributed by atoms with E-state index in [4.69, 9.17) is 23.2 Å². The lowest BCUT2D eigenvalue weighted by Crippen LogP contribution is -2.13. The molecule has 0 saturated heterocycles. The van der Waals surface area contributed by atoms with Gasteiger partial charge in [-0.05, 0) is 46.3 Å². The van der Waals surface area contributed by atoms with E-state index in [9.17, 15) is 4.79 Å². The Balaban J connectivity index is 2.28. The van der Waals surface area contributed by atoms with E-state index in [1.807, 2.05) is 0 Å². The first-order chi connectivity index (χ1) is 9.49. The van der Waals surface area contributed by atoms with E-state index in [0.29, 0.717) is 22.1 Å². The lowest BCUT2D eigenvalue weighted by atomic mass is 10.2. The van der Waals surface area contributed by atoms with Gasteiger partial charge < -0.3 is 10.6 Å². The zero-order valence-electron chi connectivity index (χ0n) is 10.4. The molecule has 2 rings (SSSR count). The average Bonchev–Trinajstić information content (AvgIpc) is 2.42. The van der Waals surface area contributed by atoms with E-state index in [-0.39, 0.29) is 11.1 Å². The van der Waals surface area contributed by atoms with Crippen molar-refractivity contribution < 1.29 is 4.79 Å². The van der Waals surface area contributed by atoms with E-state index in [2.05, 4.69) is 31.5 Å². The van der Waals surface area contributed by atoms with E-state index in [1.165, 1.54) is 6.07 Å². The third kappa shape index (κ3) is 3.62. The SMILES string of the molecule is CNc1cc(C(=O)Nc2cc(Cl)ccc2Br)cc(Cl)n1. The molecule has 104 valence electrons. The number of carbonyl (C=O) groups excluding carboxylic acids is 1. The molecular formula is C13H10BrCl2N3O. The molecule has 0 atom stereocenters. The predicted octanol–water partition coefficient (Wildman–Crippen LogP) is 4.44. The third-order valence-corrected chi connectivity index (χ3v) is 3.61. The summed E-state index contributed by atoms with van der Waals surface area (Å²) < 4.78 is 0.740. The first-order valence-corrected chi connectivity index (χ1v) is 7.16. The van der Waals surface area contributed by atoms with Gasteiger partial charge in [-0.2, -0.15) is 0 Å². The fraction of sp³-hybridized carbons (Fsp3) is 0.0769. The van der Waals surface area contributed by atoms with Gasteiger partial charge in [-0.1, -0.05) is 23.2 Å². The lowest BCUT2D eigenvalue weighted by molar-refractivity contribution is 0.102. The van der Waals surface area contributed by atoms with Gasteiger partial charge in [0.25, 0.3) is 5.91 Å². The molecule has 1 amide bonds. The Labute approximate surface area is 134 Å². The van der Waals surface area contributed by atoms with Gasteiger partial charge in [0.2, 0.25) is 0 Å². The number of nitrogens with zero attached hydrogens (tertiary/aromatic N) is 1. The second-order valence-corrected chi connectivity index (χ2v) is 5.57. The van der Waals surface area contributed by atoms with E-state index in [1.54, 1.807) is 31.3 Å². The van der Waals surface area contributed by atoms with Gasteiger partial charge in [-0.3, -0.25) is 4.79 Å². The highest BCUT2D eigenvalue weighted by Crippen LogP contribution is 2.26. The van der Waals surface area contributed by atoms with Crippen molar-refractivity contribution in [3.05, 3.63) is 50.5 Å². The summed E-state index contributed by atoms with van der Waals surface area (Å²) in [5.74, 6) is 0.224. The van der Waals surface area contributed by atoms with Crippen molar-refractivity contribution in [2.45, 2.75) is 0 Å². The van der Waals surface area contributed by atoms with Crippen molar-refractivity contribution in [2.24, 2.45) is 0 Å². The quantitative estimate of drug-likeness (QED) is 0.780. The second-order valence-electron chi connectivity index (χ2n) is 3.89. The van der Waals surface area contributed by atoms with Crippen LogP contribution in [0.3, 0.4) is 0 Å². The first kappa shape index (κ1) is 15.1. The maximum Gasteiger partial charge on any atom is 0.255 e. The van der Waals surface area contributed by atoms with Gasteiger partial charge in [0.05, 0.1) is 5.69 Å². The molecule has 20 heavy (non-hydrogen) atoms. The van der Waals surface area contributed by atoms with E-state index < -0.39 is 0 Å². The van der Waals surface area contributed by atoms with Crippen LogP contribution in [0.2, 0.25) is 10.2 Å². The normalized spacial score (nSPS) is 10.2. The average molecular weight is 375 g/mol. The zero-order valence-corrected chi connectivity index (χ0v) is 13.5. The van der Waals surface area contributed by atoms with Crippen molar-refractivity contribution in [3.63, 3.8) is 0 Å². The van der Waals surface area contributed by atoms with Crippen molar-refractivity contribution in [3.8, 4) is 0 Å². The summed E-state index contributed by atoms with van der Waals surface area (Å²) in [5, 5.41) is 6.38. The number of hydrogen-bond acceptors (Lipinski definition) is 3. The molecule has 2 aromatic rings. The minimum Gasteiger partial charge on any atom is -0.373 e. The van der Waals surface area contributed by atoms with Crippen LogP contribution in [0.1, 0.15) is 10.4 Å². The molecule has 0 radical (unpaired) electrons. The number of pyridine rings is 1. The Morgan fingerprint density at radius 1 is 1.25 bits per heavy atom. The minimum absolute atomic E-state index is 0.243. The van der Waals surface area contributed by atoms with Gasteiger partial charge in [0.1, 0.15) is 11.0 Å². The summed E-state index contributed by atoms with van der Waals surface area (Å²) in [6, 6.07) is 8.25. The van der Waals surface area contributed by atoms with Crippen LogP contribution in [0.15, 0.2) is 34.8 Å². The van der Waals surface area contributed by atoms with Crippen LogP contribution in [0.5, 0.6) is 0 Å². The standard InChI is InChI=1S/C13H10BrCl2N3O/c1-17-12-5-7(4-11(16)19-12)13(20)18-10-6-8(15)2-3-9(10)14/h2-6H,1H3,(H,17,19)(H,18,20). The Hall–Kier alpha value is -1.30. The lowest BCUT2D eigenvalue weighted by Gasteiger charge is -2.09. The van der Waals surface area contributed by atoms with Crippen LogP contribution in [0.4, 0.5) is 11.5 Å². The van der Waals surface area contributed by atoms with Crippen molar-refractivity contribution in [1.82, 2.24) is 4.98 Å². The number of aromatic nitrogens is 1. The van der Waals surface area contributed by atoms with Gasteiger partial charge in [0, 0.05) is 22.1 Å². The van der Waals surface area contributed by atoms with Crippen LogP contribution in [-0.2, 0) is 0 Å². The van der Waals surface area contributed by atoms with E-state index in [0.717, 1.165) is 4.47 Å². The van der Waals surface area contributed by atoms with Crippen LogP contribution in [-0.4, -0.2) is 17.9 Å². The van der Waals surface area contributed by atoms with Crippen LogP contribution < -0.4 is 10.6 Å². The van der Waals surface area contributed by atoms with Crippen LogP contribution in [0.25, 0.3) is 0 Å². The molecule has 0 aliphatic carbocycles. The van der Waals surface area contributed by atoms with E-state index >= 15 is 0 Å². The molecule has 0 aliphatic rings. The Kier molecular flexibility index (Phi) is 4.86. The van der Waals surface area contributed by atoms with Gasteiger partial charge in [-0.15, -0.1) is 0 Å². The molecule has 0 fully saturated rings. The predicted molar refractivity (Wildman–Crippen MR) is 85.9 cm³/mol. The summed E-state index contributed by atoms with van der Waals surface area (Å²) in [5.41, 5.74) is 0.989. The zero-order chi connectivity index (χ0) is 14.7. The molecule has 0 unspecified atom stereocenters. The number of halogens is 3. The summed E-state index contributed by atoms with van der Waals surface area (Å²) in [4.78, 5) is 16.2. The molecule has 0 spiro atoms. The number of nitrogens with one attached hydrogen (secondary N) is 2. The highest BCUT2D eigenvalue weighted by atomic mass is 79.9. The molecule has 2 N–H and O–H groups in total. The molecule has 1 heterocycles.